The molecule has 0 spiro atoms. The molecule has 194 valence electrons. The quantitative estimate of drug-likeness (QED) is 0.210. The molecule has 1 atom stereocenters. The van der Waals surface area contributed by atoms with Crippen LogP contribution in [0, 0.1) is 0 Å². The molecular weight excluding hydrogens is 547 g/mol. The summed E-state index contributed by atoms with van der Waals surface area (Å²) < 4.78 is 0. The zero-order chi connectivity index (χ0) is 24.9. The number of rotatable bonds is 10. The maximum absolute atomic E-state index is 11.6. The van der Waals surface area contributed by atoms with E-state index in [1.807, 2.05) is 24.3 Å². The van der Waals surface area contributed by atoms with Gasteiger partial charge in [-0.25, -0.2) is 15.0 Å². The summed E-state index contributed by atoms with van der Waals surface area (Å²) in [7, 11) is 0. The van der Waals surface area contributed by atoms with Crippen LogP contribution in [0.5, 0.6) is 0 Å². The predicted molar refractivity (Wildman–Crippen MR) is 154 cm³/mol. The van der Waals surface area contributed by atoms with Gasteiger partial charge < -0.3 is 10.4 Å². The Balaban J connectivity index is 0.00000320. The largest absolute Gasteiger partial charge is 0.481 e. The van der Waals surface area contributed by atoms with Crippen LogP contribution in [0.15, 0.2) is 48.0 Å². The SMILES string of the molecule is Cl.O=C(O)CC(Cc1csc(CCCc2ccc3c(n2)NCCC3)n1)c1cnc(-c2ccc(Cl)cc2)s1. The van der Waals surface area contributed by atoms with Crippen molar-refractivity contribution >= 4 is 58.5 Å². The highest BCUT2D eigenvalue weighted by Crippen LogP contribution is 2.34. The number of halogens is 2. The first-order valence-electron chi connectivity index (χ1n) is 12.1. The number of fused-ring (bicyclic) bond motifs is 1. The highest BCUT2D eigenvalue weighted by atomic mass is 35.5. The molecule has 2 N–H and O–H groups in total. The van der Waals surface area contributed by atoms with Crippen LogP contribution < -0.4 is 5.32 Å². The lowest BCUT2D eigenvalue weighted by atomic mass is 9.98. The summed E-state index contributed by atoms with van der Waals surface area (Å²) in [5, 5.41) is 17.6. The molecule has 1 unspecified atom stereocenters. The van der Waals surface area contributed by atoms with Crippen molar-refractivity contribution in [2.45, 2.75) is 50.9 Å². The van der Waals surface area contributed by atoms with Gasteiger partial charge in [0.15, 0.2) is 0 Å². The summed E-state index contributed by atoms with van der Waals surface area (Å²) in [4.78, 5) is 26.7. The minimum Gasteiger partial charge on any atom is -0.481 e. The van der Waals surface area contributed by atoms with Crippen LogP contribution in [-0.2, 0) is 30.5 Å². The van der Waals surface area contributed by atoms with Crippen LogP contribution >= 0.6 is 46.7 Å². The lowest BCUT2D eigenvalue weighted by molar-refractivity contribution is -0.137. The van der Waals surface area contributed by atoms with Gasteiger partial charge in [-0.1, -0.05) is 29.8 Å². The molecule has 0 bridgehead atoms. The number of thiazole rings is 2. The number of benzene rings is 1. The van der Waals surface area contributed by atoms with Crippen molar-refractivity contribution in [3.8, 4) is 10.6 Å². The molecule has 0 amide bonds. The molecular formula is C27H28Cl2N4O2S2. The molecule has 6 nitrogen and oxygen atoms in total. The third-order valence-corrected chi connectivity index (χ3v) is 8.69. The maximum Gasteiger partial charge on any atom is 0.304 e. The zero-order valence-corrected chi connectivity index (χ0v) is 23.4. The Morgan fingerprint density at radius 2 is 1.95 bits per heavy atom. The Kier molecular flexibility index (Phi) is 9.54. The van der Waals surface area contributed by atoms with Gasteiger partial charge in [-0.15, -0.1) is 35.1 Å². The minimum atomic E-state index is -0.816. The van der Waals surface area contributed by atoms with Crippen molar-refractivity contribution in [2.24, 2.45) is 0 Å². The second-order valence-electron chi connectivity index (χ2n) is 9.00. The molecule has 0 radical (unpaired) electrons. The smallest absolute Gasteiger partial charge is 0.304 e. The monoisotopic (exact) mass is 574 g/mol. The third-order valence-electron chi connectivity index (χ3n) is 6.27. The normalized spacial score (nSPS) is 13.3. The van der Waals surface area contributed by atoms with E-state index in [1.54, 1.807) is 17.5 Å². The molecule has 0 aliphatic carbocycles. The molecule has 3 aromatic heterocycles. The molecule has 4 aromatic rings. The molecule has 0 saturated heterocycles. The molecule has 0 fully saturated rings. The lowest BCUT2D eigenvalue weighted by Crippen LogP contribution is -2.14. The van der Waals surface area contributed by atoms with Crippen molar-refractivity contribution in [3.63, 3.8) is 0 Å². The van der Waals surface area contributed by atoms with Gasteiger partial charge in [-0.05, 0) is 62.3 Å². The number of hydrogen-bond acceptors (Lipinski definition) is 7. The molecule has 0 saturated carbocycles. The van der Waals surface area contributed by atoms with Crippen LogP contribution in [0.2, 0.25) is 5.02 Å². The number of pyridine rings is 1. The third kappa shape index (κ3) is 7.29. The van der Waals surface area contributed by atoms with E-state index >= 15 is 0 Å². The molecule has 1 aromatic carbocycles. The van der Waals surface area contributed by atoms with Crippen molar-refractivity contribution in [1.29, 1.82) is 0 Å². The Morgan fingerprint density at radius 3 is 2.76 bits per heavy atom. The fourth-order valence-electron chi connectivity index (χ4n) is 4.42. The summed E-state index contributed by atoms with van der Waals surface area (Å²) >= 11 is 9.19. The van der Waals surface area contributed by atoms with Gasteiger partial charge in [0.05, 0.1) is 17.1 Å². The number of hydrogen-bond donors (Lipinski definition) is 2. The summed E-state index contributed by atoms with van der Waals surface area (Å²) in [5.41, 5.74) is 4.35. The van der Waals surface area contributed by atoms with E-state index in [4.69, 9.17) is 21.6 Å². The number of nitrogens with zero attached hydrogens (tertiary/aromatic N) is 3. The number of aryl methyl sites for hydroxylation is 3. The topological polar surface area (TPSA) is 88.0 Å². The van der Waals surface area contributed by atoms with Crippen molar-refractivity contribution in [3.05, 3.63) is 79.8 Å². The first-order chi connectivity index (χ1) is 17.5. The molecule has 1 aliphatic heterocycles. The number of carbonyl (C=O) groups is 1. The first kappa shape index (κ1) is 27.5. The predicted octanol–water partition coefficient (Wildman–Crippen LogP) is 7.07. The minimum absolute atomic E-state index is 0. The van der Waals surface area contributed by atoms with Crippen molar-refractivity contribution in [1.82, 2.24) is 15.0 Å². The molecule has 1 aliphatic rings. The first-order valence-corrected chi connectivity index (χ1v) is 14.2. The van der Waals surface area contributed by atoms with Crippen LogP contribution in [0.3, 0.4) is 0 Å². The van der Waals surface area contributed by atoms with Gasteiger partial charge in [0, 0.05) is 45.2 Å². The van der Waals surface area contributed by atoms with Crippen LogP contribution in [0.25, 0.3) is 10.6 Å². The highest BCUT2D eigenvalue weighted by Gasteiger charge is 2.21. The van der Waals surface area contributed by atoms with Crippen molar-refractivity contribution < 1.29 is 9.90 Å². The van der Waals surface area contributed by atoms with E-state index in [2.05, 4.69) is 27.8 Å². The van der Waals surface area contributed by atoms with Crippen LogP contribution in [0.1, 0.15) is 52.0 Å². The average Bonchev–Trinajstić information content (AvgIpc) is 3.54. The van der Waals surface area contributed by atoms with E-state index in [9.17, 15) is 9.90 Å². The van der Waals surface area contributed by atoms with E-state index in [1.165, 1.54) is 23.3 Å². The maximum atomic E-state index is 11.6. The number of carboxylic acid groups (broad SMARTS) is 1. The van der Waals surface area contributed by atoms with Gasteiger partial charge in [-0.3, -0.25) is 4.79 Å². The number of aromatic nitrogens is 3. The van der Waals surface area contributed by atoms with E-state index in [0.717, 1.165) is 69.9 Å². The fraction of sp³-hybridized carbons (Fsp3) is 0.333. The van der Waals surface area contributed by atoms with Gasteiger partial charge >= 0.3 is 5.97 Å². The zero-order valence-electron chi connectivity index (χ0n) is 20.2. The van der Waals surface area contributed by atoms with Crippen LogP contribution in [0.4, 0.5) is 5.82 Å². The molecule has 5 rings (SSSR count). The Morgan fingerprint density at radius 1 is 1.11 bits per heavy atom. The lowest BCUT2D eigenvalue weighted by Gasteiger charge is -2.17. The Bertz CT molecular complexity index is 1340. The number of aliphatic carboxylic acids is 1. The van der Waals surface area contributed by atoms with E-state index < -0.39 is 5.97 Å². The fourth-order valence-corrected chi connectivity index (χ4v) is 6.42. The second-order valence-corrected chi connectivity index (χ2v) is 11.4. The van der Waals surface area contributed by atoms with E-state index in [-0.39, 0.29) is 24.7 Å². The van der Waals surface area contributed by atoms with Crippen LogP contribution in [-0.4, -0.2) is 32.6 Å². The van der Waals surface area contributed by atoms with Gasteiger partial charge in [0.25, 0.3) is 0 Å². The van der Waals surface area contributed by atoms with Gasteiger partial charge in [0.2, 0.25) is 0 Å². The molecule has 37 heavy (non-hydrogen) atoms. The molecule has 4 heterocycles. The second kappa shape index (κ2) is 12.8. The van der Waals surface area contributed by atoms with Crippen molar-refractivity contribution in [2.75, 3.05) is 11.9 Å². The average molecular weight is 576 g/mol. The number of carboxylic acids is 1. The van der Waals surface area contributed by atoms with E-state index in [0.29, 0.717) is 11.4 Å². The number of anilines is 1. The highest BCUT2D eigenvalue weighted by molar-refractivity contribution is 7.15. The Hall–Kier alpha value is -2.52. The summed E-state index contributed by atoms with van der Waals surface area (Å²) in [5.74, 6) is 0.0641. The van der Waals surface area contributed by atoms with Gasteiger partial charge in [0.1, 0.15) is 10.8 Å². The Labute approximate surface area is 235 Å². The van der Waals surface area contributed by atoms with Gasteiger partial charge in [-0.2, -0.15) is 0 Å². The summed E-state index contributed by atoms with van der Waals surface area (Å²) in [6, 6.07) is 11.9. The standard InChI is InChI=1S/C27H27ClN4O2S2.ClH/c28-20-9-6-18(7-10-20)27-30-15-23(36-27)19(14-25(33)34)13-22-16-35-24(31-22)5-1-4-21-11-8-17-3-2-12-29-26(17)32-21;/h6-11,15-16,19H,1-5,12-14H2,(H,29,32)(H,33,34);1H. The summed E-state index contributed by atoms with van der Waals surface area (Å²) in [6.45, 7) is 0.998. The molecule has 10 heteroatoms. The number of nitrogens with one attached hydrogen (secondary N) is 1. The summed E-state index contributed by atoms with van der Waals surface area (Å²) in [6.07, 6.45) is 7.49.